The highest BCUT2D eigenvalue weighted by molar-refractivity contribution is 5.36. The van der Waals surface area contributed by atoms with E-state index in [1.54, 1.807) is 18.2 Å². The predicted octanol–water partition coefficient (Wildman–Crippen LogP) is 1.46. The number of aliphatic hydroxyl groups is 1. The lowest BCUT2D eigenvalue weighted by atomic mass is 9.92. The second-order valence-electron chi connectivity index (χ2n) is 3.50. The zero-order chi connectivity index (χ0) is 9.97. The van der Waals surface area contributed by atoms with Crippen LogP contribution in [-0.2, 0) is 0 Å². The summed E-state index contributed by atoms with van der Waals surface area (Å²) in [5.74, 6) is 0.709. The number of hydrogen-bond acceptors (Lipinski definition) is 3. The molecule has 1 aliphatic carbocycles. The van der Waals surface area contributed by atoms with Crippen LogP contribution in [0.25, 0.3) is 0 Å². The fourth-order valence-electron chi connectivity index (χ4n) is 1.47. The molecule has 0 aliphatic heterocycles. The Balaban J connectivity index is 2.00. The maximum atomic E-state index is 9.06. The van der Waals surface area contributed by atoms with E-state index in [9.17, 15) is 0 Å². The van der Waals surface area contributed by atoms with E-state index in [0.29, 0.717) is 24.2 Å². The summed E-state index contributed by atoms with van der Waals surface area (Å²) in [6.45, 7) is 0. The summed E-state index contributed by atoms with van der Waals surface area (Å²) in [7, 11) is 0. The topological polar surface area (TPSA) is 53.2 Å². The van der Waals surface area contributed by atoms with Gasteiger partial charge in [0.2, 0.25) is 0 Å². The van der Waals surface area contributed by atoms with Crippen LogP contribution in [0.2, 0.25) is 0 Å². The Labute approximate surface area is 82.6 Å². The highest BCUT2D eigenvalue weighted by Gasteiger charge is 2.28. The number of nitrogens with zero attached hydrogens (tertiary/aromatic N) is 1. The molecular weight excluding hydrogens is 178 g/mol. The maximum absolute atomic E-state index is 9.06. The van der Waals surface area contributed by atoms with Crippen LogP contribution in [0.3, 0.4) is 0 Å². The number of benzene rings is 1. The smallest absolute Gasteiger partial charge is 0.121 e. The summed E-state index contributed by atoms with van der Waals surface area (Å²) < 4.78 is 5.55. The number of ether oxygens (including phenoxy) is 1. The van der Waals surface area contributed by atoms with Gasteiger partial charge < -0.3 is 9.84 Å². The molecule has 14 heavy (non-hydrogen) atoms. The molecule has 0 radical (unpaired) electrons. The summed E-state index contributed by atoms with van der Waals surface area (Å²) in [5.41, 5.74) is 0.599. The van der Waals surface area contributed by atoms with Crippen molar-refractivity contribution in [1.29, 1.82) is 5.26 Å². The Morgan fingerprint density at radius 3 is 2.86 bits per heavy atom. The van der Waals surface area contributed by atoms with Gasteiger partial charge in [0.1, 0.15) is 11.9 Å². The minimum absolute atomic E-state index is 0.110. The Morgan fingerprint density at radius 2 is 2.21 bits per heavy atom. The highest BCUT2D eigenvalue weighted by Crippen LogP contribution is 2.25. The lowest BCUT2D eigenvalue weighted by Crippen LogP contribution is -2.37. The zero-order valence-corrected chi connectivity index (χ0v) is 7.68. The first-order chi connectivity index (χ1) is 6.78. The number of rotatable bonds is 2. The Morgan fingerprint density at radius 1 is 1.43 bits per heavy atom. The molecule has 1 aromatic carbocycles. The highest BCUT2D eigenvalue weighted by atomic mass is 16.5. The number of nitriles is 1. The molecule has 0 heterocycles. The summed E-state index contributed by atoms with van der Waals surface area (Å²) >= 11 is 0. The lowest BCUT2D eigenvalue weighted by molar-refractivity contribution is -0.0107. The van der Waals surface area contributed by atoms with Crippen LogP contribution in [0.1, 0.15) is 18.4 Å². The normalized spacial score (nSPS) is 24.9. The number of aliphatic hydroxyl groups excluding tert-OH is 1. The molecule has 0 aromatic heterocycles. The van der Waals surface area contributed by atoms with Crippen LogP contribution in [-0.4, -0.2) is 17.3 Å². The molecule has 3 heteroatoms. The average molecular weight is 189 g/mol. The molecule has 0 saturated heterocycles. The first kappa shape index (κ1) is 9.04. The molecule has 3 nitrogen and oxygen atoms in total. The van der Waals surface area contributed by atoms with Crippen molar-refractivity contribution in [3.05, 3.63) is 29.8 Å². The van der Waals surface area contributed by atoms with Gasteiger partial charge in [-0.15, -0.1) is 0 Å². The van der Waals surface area contributed by atoms with Crippen LogP contribution < -0.4 is 4.74 Å². The molecule has 72 valence electrons. The molecule has 0 bridgehead atoms. The van der Waals surface area contributed by atoms with Crippen LogP contribution in [0.15, 0.2) is 24.3 Å². The molecular formula is C11H11NO2. The first-order valence-corrected chi connectivity index (χ1v) is 4.63. The molecule has 1 fully saturated rings. The van der Waals surface area contributed by atoms with Crippen molar-refractivity contribution in [3.8, 4) is 11.8 Å². The third kappa shape index (κ3) is 1.86. The molecule has 0 spiro atoms. The SMILES string of the molecule is N#Cc1cccc(OC2CC(O)C2)c1. The van der Waals surface area contributed by atoms with Crippen LogP contribution in [0.5, 0.6) is 5.75 Å². The quantitative estimate of drug-likeness (QED) is 0.766. The lowest BCUT2D eigenvalue weighted by Gasteiger charge is -2.31. The van der Waals surface area contributed by atoms with Crippen molar-refractivity contribution < 1.29 is 9.84 Å². The van der Waals surface area contributed by atoms with Gasteiger partial charge in [-0.2, -0.15) is 5.26 Å². The van der Waals surface area contributed by atoms with Gasteiger partial charge in [-0.05, 0) is 18.2 Å². The molecule has 1 aliphatic rings. The fourth-order valence-corrected chi connectivity index (χ4v) is 1.47. The standard InChI is InChI=1S/C11H11NO2/c12-7-8-2-1-3-10(4-8)14-11-5-9(13)6-11/h1-4,9,11,13H,5-6H2. The summed E-state index contributed by atoms with van der Waals surface area (Å²) in [5, 5.41) is 17.7. The van der Waals surface area contributed by atoms with E-state index >= 15 is 0 Å². The third-order valence-corrected chi connectivity index (χ3v) is 2.34. The van der Waals surface area contributed by atoms with E-state index in [1.165, 1.54) is 0 Å². The number of hydrogen-bond donors (Lipinski definition) is 1. The van der Waals surface area contributed by atoms with Gasteiger partial charge in [0.25, 0.3) is 0 Å². The minimum Gasteiger partial charge on any atom is -0.490 e. The molecule has 2 rings (SSSR count). The monoisotopic (exact) mass is 189 g/mol. The van der Waals surface area contributed by atoms with Crippen LogP contribution in [0.4, 0.5) is 0 Å². The van der Waals surface area contributed by atoms with Crippen molar-refractivity contribution in [2.45, 2.75) is 25.0 Å². The second kappa shape index (κ2) is 3.69. The maximum Gasteiger partial charge on any atom is 0.121 e. The first-order valence-electron chi connectivity index (χ1n) is 4.63. The van der Waals surface area contributed by atoms with E-state index in [4.69, 9.17) is 15.1 Å². The third-order valence-electron chi connectivity index (χ3n) is 2.34. The summed E-state index contributed by atoms with van der Waals surface area (Å²) in [6, 6.07) is 9.13. The van der Waals surface area contributed by atoms with E-state index in [-0.39, 0.29) is 12.2 Å². The van der Waals surface area contributed by atoms with Crippen molar-refractivity contribution >= 4 is 0 Å². The van der Waals surface area contributed by atoms with Gasteiger partial charge in [0.15, 0.2) is 0 Å². The van der Waals surface area contributed by atoms with Crippen molar-refractivity contribution in [3.63, 3.8) is 0 Å². The Bertz CT molecular complexity index is 364. The molecule has 0 unspecified atom stereocenters. The van der Waals surface area contributed by atoms with E-state index in [2.05, 4.69) is 6.07 Å². The van der Waals surface area contributed by atoms with Crippen LogP contribution in [0, 0.1) is 11.3 Å². The Hall–Kier alpha value is -1.53. The van der Waals surface area contributed by atoms with Gasteiger partial charge in [0.05, 0.1) is 17.7 Å². The second-order valence-corrected chi connectivity index (χ2v) is 3.50. The molecule has 0 atom stereocenters. The molecule has 1 aromatic rings. The van der Waals surface area contributed by atoms with Gasteiger partial charge in [-0.25, -0.2) is 0 Å². The minimum atomic E-state index is -0.209. The van der Waals surface area contributed by atoms with E-state index < -0.39 is 0 Å². The van der Waals surface area contributed by atoms with Crippen LogP contribution >= 0.6 is 0 Å². The zero-order valence-electron chi connectivity index (χ0n) is 7.68. The van der Waals surface area contributed by atoms with Gasteiger partial charge in [0, 0.05) is 12.8 Å². The molecule has 1 saturated carbocycles. The summed E-state index contributed by atoms with van der Waals surface area (Å²) in [6.07, 6.45) is 1.28. The fraction of sp³-hybridized carbons (Fsp3) is 0.364. The van der Waals surface area contributed by atoms with Gasteiger partial charge >= 0.3 is 0 Å². The predicted molar refractivity (Wildman–Crippen MR) is 50.8 cm³/mol. The van der Waals surface area contributed by atoms with E-state index in [0.717, 1.165) is 0 Å². The average Bonchev–Trinajstić information content (AvgIpc) is 2.16. The van der Waals surface area contributed by atoms with Gasteiger partial charge in [-0.3, -0.25) is 0 Å². The van der Waals surface area contributed by atoms with Crippen molar-refractivity contribution in [1.82, 2.24) is 0 Å². The molecule has 0 amide bonds. The Kier molecular flexibility index (Phi) is 2.38. The van der Waals surface area contributed by atoms with Crippen molar-refractivity contribution in [2.24, 2.45) is 0 Å². The van der Waals surface area contributed by atoms with Gasteiger partial charge in [-0.1, -0.05) is 6.07 Å². The van der Waals surface area contributed by atoms with E-state index in [1.807, 2.05) is 6.07 Å². The van der Waals surface area contributed by atoms with Crippen molar-refractivity contribution in [2.75, 3.05) is 0 Å². The molecule has 1 N–H and O–H groups in total. The largest absolute Gasteiger partial charge is 0.490 e. The summed E-state index contributed by atoms with van der Waals surface area (Å²) in [4.78, 5) is 0.